The molecule has 0 aliphatic rings. The zero-order chi connectivity index (χ0) is 20.1. The van der Waals surface area contributed by atoms with Crippen molar-refractivity contribution in [3.8, 4) is 0 Å². The van der Waals surface area contributed by atoms with Gasteiger partial charge in [-0.3, -0.25) is 19.5 Å². The van der Waals surface area contributed by atoms with E-state index in [1.165, 1.54) is 4.57 Å². The van der Waals surface area contributed by atoms with Gasteiger partial charge < -0.3 is 5.32 Å². The Morgan fingerprint density at radius 2 is 2.00 bits per heavy atom. The summed E-state index contributed by atoms with van der Waals surface area (Å²) in [5, 5.41) is 6.29. The van der Waals surface area contributed by atoms with Crippen LogP contribution >= 0.6 is 23.4 Å². The normalized spacial score (nSPS) is 12.2. The van der Waals surface area contributed by atoms with E-state index in [2.05, 4.69) is 15.6 Å². The molecular formula is C18H23ClN4O3S. The van der Waals surface area contributed by atoms with E-state index in [0.29, 0.717) is 21.1 Å². The molecule has 146 valence electrons. The quantitative estimate of drug-likeness (QED) is 0.562. The summed E-state index contributed by atoms with van der Waals surface area (Å²) in [6.07, 6.45) is 0.764. The van der Waals surface area contributed by atoms with Crippen LogP contribution in [0.3, 0.4) is 0 Å². The molecule has 0 unspecified atom stereocenters. The SMILES string of the molecule is CC[C@@H](C)NC(=O)NC(=O)CSc1nc2cc(Cl)ccc2c(=O)n1C(C)C. The number of nitrogens with zero attached hydrogens (tertiary/aromatic N) is 2. The van der Waals surface area contributed by atoms with E-state index >= 15 is 0 Å². The van der Waals surface area contributed by atoms with E-state index in [4.69, 9.17) is 11.6 Å². The number of urea groups is 1. The Balaban J connectivity index is 2.20. The van der Waals surface area contributed by atoms with Gasteiger partial charge >= 0.3 is 6.03 Å². The maximum Gasteiger partial charge on any atom is 0.321 e. The molecule has 1 atom stereocenters. The average molecular weight is 411 g/mol. The number of fused-ring (bicyclic) bond motifs is 1. The molecule has 0 spiro atoms. The zero-order valence-electron chi connectivity index (χ0n) is 15.7. The number of benzene rings is 1. The van der Waals surface area contributed by atoms with Crippen LogP contribution in [0.15, 0.2) is 28.2 Å². The van der Waals surface area contributed by atoms with Crippen molar-refractivity contribution in [1.82, 2.24) is 20.2 Å². The van der Waals surface area contributed by atoms with Crippen molar-refractivity contribution in [2.45, 2.75) is 51.4 Å². The molecule has 0 fully saturated rings. The van der Waals surface area contributed by atoms with Gasteiger partial charge in [-0.2, -0.15) is 0 Å². The van der Waals surface area contributed by atoms with Crippen molar-refractivity contribution < 1.29 is 9.59 Å². The van der Waals surface area contributed by atoms with Crippen LogP contribution in [0.1, 0.15) is 40.2 Å². The molecule has 2 N–H and O–H groups in total. The fourth-order valence-corrected chi connectivity index (χ4v) is 3.46. The topological polar surface area (TPSA) is 93.1 Å². The van der Waals surface area contributed by atoms with E-state index in [1.54, 1.807) is 18.2 Å². The van der Waals surface area contributed by atoms with Gasteiger partial charge in [0, 0.05) is 17.1 Å². The summed E-state index contributed by atoms with van der Waals surface area (Å²) in [5.41, 5.74) is 0.283. The third-order valence-electron chi connectivity index (χ3n) is 3.92. The number of hydrogen-bond acceptors (Lipinski definition) is 5. The molecule has 3 amide bonds. The summed E-state index contributed by atoms with van der Waals surface area (Å²) in [5.74, 6) is -0.504. The first kappa shape index (κ1) is 21.2. The standard InChI is InChI=1S/C18H23ClN4O3S/c1-5-11(4)20-17(26)22-15(24)9-27-18-21-14-8-12(19)6-7-13(14)16(25)23(18)10(2)3/h6-8,10-11H,5,9H2,1-4H3,(H2,20,22,24,26)/t11-/m1/s1. The van der Waals surface area contributed by atoms with E-state index in [0.717, 1.165) is 18.2 Å². The van der Waals surface area contributed by atoms with Gasteiger partial charge in [0.25, 0.3) is 5.56 Å². The van der Waals surface area contributed by atoms with Crippen molar-refractivity contribution in [2.75, 3.05) is 5.75 Å². The van der Waals surface area contributed by atoms with Crippen molar-refractivity contribution >= 4 is 46.2 Å². The molecule has 7 nitrogen and oxygen atoms in total. The van der Waals surface area contributed by atoms with Crippen LogP contribution < -0.4 is 16.2 Å². The summed E-state index contributed by atoms with van der Waals surface area (Å²) in [6.45, 7) is 7.53. The van der Waals surface area contributed by atoms with Crippen LogP contribution in [0.5, 0.6) is 0 Å². The van der Waals surface area contributed by atoms with E-state index in [1.807, 2.05) is 27.7 Å². The first-order valence-electron chi connectivity index (χ1n) is 8.67. The molecule has 2 aromatic rings. The molecule has 0 aliphatic carbocycles. The molecule has 2 rings (SSSR count). The number of aromatic nitrogens is 2. The highest BCUT2D eigenvalue weighted by Gasteiger charge is 2.16. The number of imide groups is 1. The summed E-state index contributed by atoms with van der Waals surface area (Å²) >= 11 is 7.10. The molecule has 1 heterocycles. The molecule has 0 radical (unpaired) electrons. The average Bonchev–Trinajstić information content (AvgIpc) is 2.58. The van der Waals surface area contributed by atoms with Crippen LogP contribution in [0.4, 0.5) is 4.79 Å². The van der Waals surface area contributed by atoms with Crippen LogP contribution in [-0.4, -0.2) is 33.3 Å². The predicted molar refractivity (Wildman–Crippen MR) is 109 cm³/mol. The largest absolute Gasteiger partial charge is 0.335 e. The first-order valence-corrected chi connectivity index (χ1v) is 10.0. The van der Waals surface area contributed by atoms with Crippen LogP contribution in [-0.2, 0) is 4.79 Å². The lowest BCUT2D eigenvalue weighted by atomic mass is 10.2. The number of rotatable bonds is 6. The summed E-state index contributed by atoms with van der Waals surface area (Å²) in [4.78, 5) is 41.1. The Morgan fingerprint density at radius 1 is 1.30 bits per heavy atom. The monoisotopic (exact) mass is 410 g/mol. The Morgan fingerprint density at radius 3 is 2.63 bits per heavy atom. The van der Waals surface area contributed by atoms with Crippen molar-refractivity contribution in [3.63, 3.8) is 0 Å². The van der Waals surface area contributed by atoms with Gasteiger partial charge in [0.1, 0.15) is 0 Å². The Kier molecular flexibility index (Phi) is 7.26. The van der Waals surface area contributed by atoms with E-state index in [9.17, 15) is 14.4 Å². The summed E-state index contributed by atoms with van der Waals surface area (Å²) in [6, 6.07) is 4.22. The van der Waals surface area contributed by atoms with Gasteiger partial charge in [0.05, 0.1) is 16.7 Å². The first-order chi connectivity index (χ1) is 12.7. The van der Waals surface area contributed by atoms with Gasteiger partial charge in [0.2, 0.25) is 5.91 Å². The van der Waals surface area contributed by atoms with Crippen molar-refractivity contribution in [3.05, 3.63) is 33.6 Å². The van der Waals surface area contributed by atoms with Gasteiger partial charge in [-0.05, 0) is 45.4 Å². The fraction of sp³-hybridized carbons (Fsp3) is 0.444. The maximum atomic E-state index is 12.8. The number of nitrogens with one attached hydrogen (secondary N) is 2. The number of thioether (sulfide) groups is 1. The van der Waals surface area contributed by atoms with Gasteiger partial charge in [-0.15, -0.1) is 0 Å². The van der Waals surface area contributed by atoms with Crippen LogP contribution in [0.2, 0.25) is 5.02 Å². The fourth-order valence-electron chi connectivity index (χ4n) is 2.36. The minimum absolute atomic E-state index is 0.0246. The van der Waals surface area contributed by atoms with Crippen molar-refractivity contribution in [2.24, 2.45) is 0 Å². The third-order valence-corrected chi connectivity index (χ3v) is 5.11. The molecule has 27 heavy (non-hydrogen) atoms. The highest BCUT2D eigenvalue weighted by atomic mass is 35.5. The van der Waals surface area contributed by atoms with Gasteiger partial charge in [0.15, 0.2) is 5.16 Å². The number of carbonyl (C=O) groups is 2. The number of halogens is 1. The highest BCUT2D eigenvalue weighted by Crippen LogP contribution is 2.22. The number of amides is 3. The van der Waals surface area contributed by atoms with Crippen molar-refractivity contribution in [1.29, 1.82) is 0 Å². The molecule has 0 bridgehead atoms. The Hall–Kier alpha value is -2.06. The minimum atomic E-state index is -0.533. The summed E-state index contributed by atoms with van der Waals surface area (Å²) in [7, 11) is 0. The minimum Gasteiger partial charge on any atom is -0.335 e. The van der Waals surface area contributed by atoms with E-state index in [-0.39, 0.29) is 23.4 Å². The lowest BCUT2D eigenvalue weighted by Crippen LogP contribution is -2.44. The van der Waals surface area contributed by atoms with Gasteiger partial charge in [-0.1, -0.05) is 30.3 Å². The van der Waals surface area contributed by atoms with E-state index < -0.39 is 11.9 Å². The molecule has 9 heteroatoms. The lowest BCUT2D eigenvalue weighted by molar-refractivity contribution is -0.117. The smallest absolute Gasteiger partial charge is 0.321 e. The second-order valence-electron chi connectivity index (χ2n) is 6.44. The van der Waals surface area contributed by atoms with Crippen LogP contribution in [0.25, 0.3) is 10.9 Å². The third kappa shape index (κ3) is 5.46. The summed E-state index contributed by atoms with van der Waals surface area (Å²) < 4.78 is 1.54. The molecule has 1 aromatic heterocycles. The molecular weight excluding hydrogens is 388 g/mol. The molecule has 0 saturated heterocycles. The Labute approximate surface area is 166 Å². The number of hydrogen-bond donors (Lipinski definition) is 2. The molecule has 0 aliphatic heterocycles. The maximum absolute atomic E-state index is 12.8. The molecule has 0 saturated carbocycles. The van der Waals surface area contributed by atoms with Crippen LogP contribution in [0, 0.1) is 0 Å². The molecule has 1 aromatic carbocycles. The number of carbonyl (C=O) groups excluding carboxylic acids is 2. The van der Waals surface area contributed by atoms with Gasteiger partial charge in [-0.25, -0.2) is 9.78 Å². The second kappa shape index (κ2) is 9.23. The lowest BCUT2D eigenvalue weighted by Gasteiger charge is -2.16. The zero-order valence-corrected chi connectivity index (χ0v) is 17.3. The Bertz CT molecular complexity index is 913. The second-order valence-corrected chi connectivity index (χ2v) is 7.82. The predicted octanol–water partition coefficient (Wildman–Crippen LogP) is 3.35. The highest BCUT2D eigenvalue weighted by molar-refractivity contribution is 7.99.